The number of carbonyl (C=O) groups excluding carboxylic acids is 1. The van der Waals surface area contributed by atoms with Gasteiger partial charge in [-0.15, -0.1) is 0 Å². The van der Waals surface area contributed by atoms with E-state index in [1.807, 2.05) is 0 Å². The minimum Gasteiger partial charge on any atom is -0.496 e. The van der Waals surface area contributed by atoms with Crippen LogP contribution in [0.1, 0.15) is 16.8 Å². The van der Waals surface area contributed by atoms with Crippen LogP contribution in [0.25, 0.3) is 0 Å². The van der Waals surface area contributed by atoms with Crippen LogP contribution in [0.4, 0.5) is 10.2 Å². The fraction of sp³-hybridized carbons (Fsp3) is 0.333. The third-order valence-electron chi connectivity index (χ3n) is 4.29. The fourth-order valence-electron chi connectivity index (χ4n) is 2.86. The standard InChI is InChI=1S/C18H18ClFN2O5S/c1-26-16-3-2-13(28(24,25)10-11-4-5-27-9-11)7-14(16)18(23)22-17-15(19)6-12(20)8-21-17/h2-3,6-8,11H,4-5,9-10H2,1H3,(H,21,22,23)/t11-/m0/s1. The summed E-state index contributed by atoms with van der Waals surface area (Å²) in [4.78, 5) is 16.4. The van der Waals surface area contributed by atoms with Gasteiger partial charge < -0.3 is 14.8 Å². The van der Waals surface area contributed by atoms with Gasteiger partial charge in [-0.25, -0.2) is 17.8 Å². The van der Waals surface area contributed by atoms with Crippen molar-refractivity contribution >= 4 is 33.2 Å². The lowest BCUT2D eigenvalue weighted by Gasteiger charge is -2.13. The van der Waals surface area contributed by atoms with Crippen molar-refractivity contribution in [3.05, 3.63) is 46.9 Å². The van der Waals surface area contributed by atoms with Crippen LogP contribution in [-0.2, 0) is 14.6 Å². The first-order valence-corrected chi connectivity index (χ1v) is 10.4. The summed E-state index contributed by atoms with van der Waals surface area (Å²) in [5.41, 5.74) is -0.00608. The maximum Gasteiger partial charge on any atom is 0.260 e. The number of amides is 1. The molecule has 3 rings (SSSR count). The SMILES string of the molecule is COc1ccc(S(=O)(=O)C[C@H]2CCOC2)cc1C(=O)Nc1ncc(F)cc1Cl. The molecule has 10 heteroatoms. The average molecular weight is 429 g/mol. The monoisotopic (exact) mass is 428 g/mol. The van der Waals surface area contributed by atoms with Gasteiger partial charge in [0.1, 0.15) is 11.6 Å². The Kier molecular flexibility index (Phi) is 6.17. The molecule has 1 aliphatic heterocycles. The Morgan fingerprint density at radius 1 is 1.43 bits per heavy atom. The molecular weight excluding hydrogens is 411 g/mol. The zero-order chi connectivity index (χ0) is 20.3. The Labute approximate surface area is 166 Å². The number of carbonyl (C=O) groups is 1. The number of rotatable bonds is 6. The number of pyridine rings is 1. The second-order valence-corrected chi connectivity index (χ2v) is 8.75. The maximum absolute atomic E-state index is 13.1. The number of nitrogens with zero attached hydrogens (tertiary/aromatic N) is 1. The second-order valence-electron chi connectivity index (χ2n) is 6.31. The van der Waals surface area contributed by atoms with Crippen LogP contribution < -0.4 is 10.1 Å². The van der Waals surface area contributed by atoms with Crippen molar-refractivity contribution in [2.45, 2.75) is 11.3 Å². The van der Waals surface area contributed by atoms with E-state index in [2.05, 4.69) is 10.3 Å². The van der Waals surface area contributed by atoms with Gasteiger partial charge >= 0.3 is 0 Å². The molecule has 2 heterocycles. The molecule has 1 atom stereocenters. The number of methoxy groups -OCH3 is 1. The van der Waals surface area contributed by atoms with E-state index < -0.39 is 21.6 Å². The van der Waals surface area contributed by atoms with Crippen LogP contribution in [0, 0.1) is 11.7 Å². The number of aromatic nitrogens is 1. The Morgan fingerprint density at radius 2 is 2.21 bits per heavy atom. The molecule has 7 nitrogen and oxygen atoms in total. The number of nitrogens with one attached hydrogen (secondary N) is 1. The molecule has 1 fully saturated rings. The van der Waals surface area contributed by atoms with E-state index in [1.54, 1.807) is 0 Å². The van der Waals surface area contributed by atoms with Gasteiger partial charge in [-0.3, -0.25) is 4.79 Å². The minimum absolute atomic E-state index is 0.00325. The molecule has 1 saturated heterocycles. The number of ether oxygens (including phenoxy) is 2. The highest BCUT2D eigenvalue weighted by atomic mass is 35.5. The van der Waals surface area contributed by atoms with Crippen LogP contribution in [0.3, 0.4) is 0 Å². The summed E-state index contributed by atoms with van der Waals surface area (Å²) in [6, 6.07) is 5.05. The van der Waals surface area contributed by atoms with Crippen molar-refractivity contribution in [1.29, 1.82) is 0 Å². The Bertz CT molecular complexity index is 993. The van der Waals surface area contributed by atoms with Gasteiger partial charge in [-0.1, -0.05) is 11.6 Å². The average Bonchev–Trinajstić information content (AvgIpc) is 3.15. The van der Waals surface area contributed by atoms with E-state index in [0.29, 0.717) is 19.6 Å². The summed E-state index contributed by atoms with van der Waals surface area (Å²) in [7, 11) is -2.26. The predicted molar refractivity (Wildman–Crippen MR) is 101 cm³/mol. The molecule has 1 N–H and O–H groups in total. The van der Waals surface area contributed by atoms with E-state index >= 15 is 0 Å². The van der Waals surface area contributed by atoms with Gasteiger partial charge in [0.05, 0.1) is 41.1 Å². The molecule has 2 aromatic rings. The van der Waals surface area contributed by atoms with Crippen molar-refractivity contribution in [3.8, 4) is 5.75 Å². The molecule has 1 aliphatic rings. The molecule has 0 saturated carbocycles. The summed E-state index contributed by atoms with van der Waals surface area (Å²) in [6.07, 6.45) is 1.58. The first kappa shape index (κ1) is 20.5. The second kappa shape index (κ2) is 8.42. The number of hydrogen-bond acceptors (Lipinski definition) is 6. The van der Waals surface area contributed by atoms with Gasteiger partial charge in [0.2, 0.25) is 0 Å². The highest BCUT2D eigenvalue weighted by Crippen LogP contribution is 2.27. The first-order valence-electron chi connectivity index (χ1n) is 8.41. The van der Waals surface area contributed by atoms with Crippen LogP contribution in [0.5, 0.6) is 5.75 Å². The lowest BCUT2D eigenvalue weighted by molar-refractivity contribution is 0.102. The molecule has 1 amide bonds. The Hall–Kier alpha value is -2.23. The highest BCUT2D eigenvalue weighted by molar-refractivity contribution is 7.91. The van der Waals surface area contributed by atoms with Crippen LogP contribution in [-0.4, -0.2) is 45.4 Å². The van der Waals surface area contributed by atoms with Gasteiger partial charge in [-0.05, 0) is 36.6 Å². The topological polar surface area (TPSA) is 94.6 Å². The third-order valence-corrected chi connectivity index (χ3v) is 6.46. The maximum atomic E-state index is 13.1. The number of benzene rings is 1. The molecule has 150 valence electrons. The molecule has 0 radical (unpaired) electrons. The molecule has 1 aromatic carbocycles. The van der Waals surface area contributed by atoms with Gasteiger partial charge in [-0.2, -0.15) is 0 Å². The van der Waals surface area contributed by atoms with Crippen LogP contribution in [0.2, 0.25) is 5.02 Å². The first-order chi connectivity index (χ1) is 13.3. The van der Waals surface area contributed by atoms with E-state index in [-0.39, 0.29) is 38.7 Å². The number of hydrogen-bond donors (Lipinski definition) is 1. The molecular formula is C18H18ClFN2O5S. The Morgan fingerprint density at radius 3 is 2.86 bits per heavy atom. The van der Waals surface area contributed by atoms with Crippen molar-refractivity contribution < 1.29 is 27.1 Å². The van der Waals surface area contributed by atoms with E-state index in [4.69, 9.17) is 21.1 Å². The quantitative estimate of drug-likeness (QED) is 0.760. The van der Waals surface area contributed by atoms with E-state index in [0.717, 1.165) is 12.3 Å². The Balaban J connectivity index is 1.88. The summed E-state index contributed by atoms with van der Waals surface area (Å²) in [5, 5.41) is 2.35. The minimum atomic E-state index is -3.62. The van der Waals surface area contributed by atoms with Crippen LogP contribution in [0.15, 0.2) is 35.4 Å². The summed E-state index contributed by atoms with van der Waals surface area (Å²) >= 11 is 5.88. The predicted octanol–water partition coefficient (Wildman–Crippen LogP) is 2.95. The van der Waals surface area contributed by atoms with Crippen LogP contribution >= 0.6 is 11.6 Å². The zero-order valence-electron chi connectivity index (χ0n) is 14.9. The van der Waals surface area contributed by atoms with Gasteiger partial charge in [0, 0.05) is 6.61 Å². The number of halogens is 2. The molecule has 0 unspecified atom stereocenters. The van der Waals surface area contributed by atoms with E-state index in [9.17, 15) is 17.6 Å². The normalized spacial score (nSPS) is 16.8. The lowest BCUT2D eigenvalue weighted by atomic mass is 10.2. The van der Waals surface area contributed by atoms with Crippen molar-refractivity contribution in [1.82, 2.24) is 4.98 Å². The summed E-state index contributed by atoms with van der Waals surface area (Å²) in [6.45, 7) is 0.944. The van der Waals surface area contributed by atoms with Crippen molar-refractivity contribution in [3.63, 3.8) is 0 Å². The van der Waals surface area contributed by atoms with Crippen molar-refractivity contribution in [2.75, 3.05) is 31.4 Å². The fourth-order valence-corrected chi connectivity index (χ4v) is 4.71. The summed E-state index contributed by atoms with van der Waals surface area (Å²) < 4.78 is 48.9. The number of sulfone groups is 1. The molecule has 28 heavy (non-hydrogen) atoms. The molecule has 0 spiro atoms. The van der Waals surface area contributed by atoms with Gasteiger partial charge in [0.15, 0.2) is 15.7 Å². The zero-order valence-corrected chi connectivity index (χ0v) is 16.5. The largest absolute Gasteiger partial charge is 0.496 e. The molecule has 0 aliphatic carbocycles. The smallest absolute Gasteiger partial charge is 0.260 e. The highest BCUT2D eigenvalue weighted by Gasteiger charge is 2.26. The molecule has 1 aromatic heterocycles. The summed E-state index contributed by atoms with van der Waals surface area (Å²) in [5.74, 6) is -1.34. The van der Waals surface area contributed by atoms with E-state index in [1.165, 1.54) is 25.3 Å². The molecule has 0 bridgehead atoms. The third kappa shape index (κ3) is 4.60. The lowest BCUT2D eigenvalue weighted by Crippen LogP contribution is -2.18. The van der Waals surface area contributed by atoms with Gasteiger partial charge in [0.25, 0.3) is 5.91 Å². The number of anilines is 1. The van der Waals surface area contributed by atoms with Crippen molar-refractivity contribution in [2.24, 2.45) is 5.92 Å².